The Hall–Kier alpha value is -2.81. The molecule has 1 aromatic heterocycles. The molecule has 0 aliphatic rings. The molecule has 23 heavy (non-hydrogen) atoms. The molecule has 3 nitrogen and oxygen atoms in total. The Labute approximate surface area is 136 Å². The summed E-state index contributed by atoms with van der Waals surface area (Å²) in [7, 11) is 0. The lowest BCUT2D eigenvalue weighted by molar-refractivity contribution is 0.0907. The molecule has 0 spiro atoms. The van der Waals surface area contributed by atoms with Crippen LogP contribution in [0.15, 0.2) is 77.2 Å². The Morgan fingerprint density at radius 2 is 1.61 bits per heavy atom. The highest BCUT2D eigenvalue weighted by atomic mass is 16.3. The molecule has 0 aliphatic heterocycles. The summed E-state index contributed by atoms with van der Waals surface area (Å²) in [5.41, 5.74) is 2.25. The van der Waals surface area contributed by atoms with Crippen LogP contribution in [-0.4, -0.2) is 5.91 Å². The van der Waals surface area contributed by atoms with Crippen LogP contribution in [0.5, 0.6) is 0 Å². The van der Waals surface area contributed by atoms with E-state index in [1.165, 1.54) is 5.56 Å². The third-order valence-corrected chi connectivity index (χ3v) is 3.75. The van der Waals surface area contributed by atoms with E-state index in [2.05, 4.69) is 17.4 Å². The Kier molecular flexibility index (Phi) is 4.57. The molecule has 2 aromatic carbocycles. The van der Waals surface area contributed by atoms with Crippen molar-refractivity contribution in [1.29, 1.82) is 0 Å². The molecule has 0 aliphatic carbocycles. The summed E-state index contributed by atoms with van der Waals surface area (Å²) in [6.07, 6.45) is 0.732. The van der Waals surface area contributed by atoms with Crippen LogP contribution in [0.3, 0.4) is 0 Å². The van der Waals surface area contributed by atoms with Gasteiger partial charge in [-0.2, -0.15) is 0 Å². The van der Waals surface area contributed by atoms with E-state index in [-0.39, 0.29) is 11.9 Å². The largest absolute Gasteiger partial charge is 0.456 e. The third kappa shape index (κ3) is 3.89. The van der Waals surface area contributed by atoms with Crippen molar-refractivity contribution in [1.82, 2.24) is 5.32 Å². The van der Waals surface area contributed by atoms with E-state index in [9.17, 15) is 4.79 Å². The minimum atomic E-state index is -0.192. The van der Waals surface area contributed by atoms with Gasteiger partial charge in [-0.3, -0.25) is 4.79 Å². The van der Waals surface area contributed by atoms with Gasteiger partial charge in [-0.15, -0.1) is 0 Å². The quantitative estimate of drug-likeness (QED) is 0.763. The average Bonchev–Trinajstić information content (AvgIpc) is 3.03. The van der Waals surface area contributed by atoms with Gasteiger partial charge in [-0.1, -0.05) is 60.7 Å². The van der Waals surface area contributed by atoms with Crippen molar-refractivity contribution in [3.05, 3.63) is 95.4 Å². The van der Waals surface area contributed by atoms with Crippen LogP contribution in [-0.2, 0) is 6.42 Å². The smallest absolute Gasteiger partial charge is 0.287 e. The predicted molar refractivity (Wildman–Crippen MR) is 90.2 cm³/mol. The first-order chi connectivity index (χ1) is 11.2. The highest BCUT2D eigenvalue weighted by Crippen LogP contribution is 2.19. The summed E-state index contributed by atoms with van der Waals surface area (Å²) in [5, 5.41) is 3.08. The van der Waals surface area contributed by atoms with E-state index < -0.39 is 0 Å². The topological polar surface area (TPSA) is 42.2 Å². The molecular formula is C20H19NO2. The van der Waals surface area contributed by atoms with Crippen LogP contribution in [0.4, 0.5) is 0 Å². The lowest BCUT2D eigenvalue weighted by Gasteiger charge is -2.19. The maximum absolute atomic E-state index is 12.4. The van der Waals surface area contributed by atoms with Gasteiger partial charge < -0.3 is 9.73 Å². The SMILES string of the molecule is Cc1ccc(C(=O)NC(Cc2ccccc2)c2ccccc2)o1. The lowest BCUT2D eigenvalue weighted by atomic mass is 9.99. The van der Waals surface area contributed by atoms with Crippen LogP contribution in [0, 0.1) is 6.92 Å². The van der Waals surface area contributed by atoms with Crippen molar-refractivity contribution in [2.24, 2.45) is 0 Å². The van der Waals surface area contributed by atoms with Gasteiger partial charge in [0.1, 0.15) is 5.76 Å². The molecule has 3 heteroatoms. The normalized spacial score (nSPS) is 11.9. The molecule has 1 unspecified atom stereocenters. The number of benzene rings is 2. The van der Waals surface area contributed by atoms with Crippen molar-refractivity contribution < 1.29 is 9.21 Å². The molecule has 1 amide bonds. The van der Waals surface area contributed by atoms with E-state index >= 15 is 0 Å². The number of hydrogen-bond acceptors (Lipinski definition) is 2. The number of amides is 1. The first kappa shape index (κ1) is 15.1. The summed E-state index contributed by atoms with van der Waals surface area (Å²) >= 11 is 0. The molecule has 0 saturated carbocycles. The summed E-state index contributed by atoms with van der Waals surface area (Å²) in [6.45, 7) is 1.83. The van der Waals surface area contributed by atoms with Gasteiger partial charge in [-0.25, -0.2) is 0 Å². The summed E-state index contributed by atoms with van der Waals surface area (Å²) in [4.78, 5) is 12.4. The van der Waals surface area contributed by atoms with E-state index in [1.807, 2.05) is 55.5 Å². The van der Waals surface area contributed by atoms with Crippen molar-refractivity contribution in [3.8, 4) is 0 Å². The zero-order valence-corrected chi connectivity index (χ0v) is 13.0. The first-order valence-electron chi connectivity index (χ1n) is 7.68. The molecule has 0 bridgehead atoms. The van der Waals surface area contributed by atoms with E-state index in [4.69, 9.17) is 4.42 Å². The second-order valence-electron chi connectivity index (χ2n) is 5.54. The Morgan fingerprint density at radius 1 is 0.957 bits per heavy atom. The van der Waals surface area contributed by atoms with Crippen LogP contribution in [0.25, 0.3) is 0 Å². The van der Waals surface area contributed by atoms with Gasteiger partial charge in [0.25, 0.3) is 5.91 Å². The van der Waals surface area contributed by atoms with E-state index in [0.717, 1.165) is 17.7 Å². The molecule has 3 aromatic rings. The fraction of sp³-hybridized carbons (Fsp3) is 0.150. The zero-order chi connectivity index (χ0) is 16.1. The monoisotopic (exact) mass is 305 g/mol. The lowest BCUT2D eigenvalue weighted by Crippen LogP contribution is -2.29. The average molecular weight is 305 g/mol. The minimum absolute atomic E-state index is 0.100. The summed E-state index contributed by atoms with van der Waals surface area (Å²) in [6, 6.07) is 23.5. The second-order valence-corrected chi connectivity index (χ2v) is 5.54. The van der Waals surface area contributed by atoms with Gasteiger partial charge in [-0.05, 0) is 36.6 Å². The van der Waals surface area contributed by atoms with Crippen molar-refractivity contribution in [3.63, 3.8) is 0 Å². The number of hydrogen-bond donors (Lipinski definition) is 1. The van der Waals surface area contributed by atoms with Crippen LogP contribution < -0.4 is 5.32 Å². The Bertz CT molecular complexity index is 763. The Morgan fingerprint density at radius 3 is 2.22 bits per heavy atom. The third-order valence-electron chi connectivity index (χ3n) is 3.75. The molecule has 0 radical (unpaired) electrons. The standard InChI is InChI=1S/C20H19NO2/c1-15-12-13-19(23-15)20(22)21-18(17-10-6-3-7-11-17)14-16-8-4-2-5-9-16/h2-13,18H,14H2,1H3,(H,21,22). The minimum Gasteiger partial charge on any atom is -0.456 e. The van der Waals surface area contributed by atoms with E-state index in [1.54, 1.807) is 12.1 Å². The molecular weight excluding hydrogens is 286 g/mol. The van der Waals surface area contributed by atoms with Gasteiger partial charge in [0.15, 0.2) is 5.76 Å². The first-order valence-corrected chi connectivity index (χ1v) is 7.68. The van der Waals surface area contributed by atoms with Crippen LogP contribution in [0.2, 0.25) is 0 Å². The number of carbonyl (C=O) groups excluding carboxylic acids is 1. The maximum Gasteiger partial charge on any atom is 0.287 e. The maximum atomic E-state index is 12.4. The van der Waals surface area contributed by atoms with Gasteiger partial charge >= 0.3 is 0 Å². The molecule has 3 rings (SSSR count). The second kappa shape index (κ2) is 6.97. The van der Waals surface area contributed by atoms with Crippen LogP contribution >= 0.6 is 0 Å². The van der Waals surface area contributed by atoms with Crippen molar-refractivity contribution in [2.75, 3.05) is 0 Å². The zero-order valence-electron chi connectivity index (χ0n) is 13.0. The van der Waals surface area contributed by atoms with Gasteiger partial charge in [0.05, 0.1) is 6.04 Å². The predicted octanol–water partition coefficient (Wildman–Crippen LogP) is 4.30. The van der Waals surface area contributed by atoms with E-state index in [0.29, 0.717) is 5.76 Å². The molecule has 116 valence electrons. The number of nitrogens with one attached hydrogen (secondary N) is 1. The molecule has 1 N–H and O–H groups in total. The fourth-order valence-electron chi connectivity index (χ4n) is 2.57. The van der Waals surface area contributed by atoms with Crippen molar-refractivity contribution >= 4 is 5.91 Å². The van der Waals surface area contributed by atoms with Crippen molar-refractivity contribution in [2.45, 2.75) is 19.4 Å². The summed E-state index contributed by atoms with van der Waals surface area (Å²) < 4.78 is 5.42. The van der Waals surface area contributed by atoms with Crippen LogP contribution in [0.1, 0.15) is 33.5 Å². The number of furan rings is 1. The number of rotatable bonds is 5. The molecule has 1 heterocycles. The highest BCUT2D eigenvalue weighted by Gasteiger charge is 2.18. The fourth-order valence-corrected chi connectivity index (χ4v) is 2.57. The highest BCUT2D eigenvalue weighted by molar-refractivity contribution is 5.91. The van der Waals surface area contributed by atoms with Gasteiger partial charge in [0.2, 0.25) is 0 Å². The molecule has 0 fully saturated rings. The number of aryl methyl sites for hydroxylation is 1. The summed E-state index contributed by atoms with van der Waals surface area (Å²) in [5.74, 6) is 0.883. The molecule has 1 atom stereocenters. The Balaban J connectivity index is 1.82. The molecule has 0 saturated heterocycles. The van der Waals surface area contributed by atoms with Gasteiger partial charge in [0, 0.05) is 0 Å². The number of carbonyl (C=O) groups is 1.